The van der Waals surface area contributed by atoms with Gasteiger partial charge in [-0.15, -0.1) is 6.58 Å². The number of nitrogens with zero attached hydrogens (tertiary/aromatic N) is 3. The molecule has 1 aromatic carbocycles. The van der Waals surface area contributed by atoms with E-state index >= 15 is 0 Å². The Kier molecular flexibility index (Phi) is 6.35. The molecule has 0 amide bonds. The van der Waals surface area contributed by atoms with Crippen LogP contribution in [0.1, 0.15) is 15.9 Å². The number of aromatic nitrogens is 2. The fourth-order valence-electron chi connectivity index (χ4n) is 2.21. The summed E-state index contributed by atoms with van der Waals surface area (Å²) >= 11 is 1.03. The van der Waals surface area contributed by atoms with Crippen LogP contribution < -0.4 is 11.2 Å². The second-order valence-corrected chi connectivity index (χ2v) is 6.38. The van der Waals surface area contributed by atoms with Gasteiger partial charge >= 0.3 is 5.69 Å². The maximum atomic E-state index is 12.5. The van der Waals surface area contributed by atoms with E-state index in [4.69, 9.17) is 0 Å². The molecule has 0 unspecified atom stereocenters. The molecule has 0 saturated carbocycles. The van der Waals surface area contributed by atoms with Gasteiger partial charge in [0.2, 0.25) is 5.88 Å². The molecule has 0 fully saturated rings. The number of aliphatic imine (C=N–C) groups is 1. The highest BCUT2D eigenvalue weighted by Gasteiger charge is 2.21. The fourth-order valence-corrected chi connectivity index (χ4v) is 3.13. The zero-order chi connectivity index (χ0) is 19.3. The lowest BCUT2D eigenvalue weighted by molar-refractivity contribution is 0.102. The largest absolute Gasteiger partial charge is 0.494 e. The molecule has 2 rings (SSSR count). The van der Waals surface area contributed by atoms with Crippen LogP contribution in [0.5, 0.6) is 5.88 Å². The fraction of sp³-hybridized carbons (Fsp3) is 0.222. The smallest absolute Gasteiger partial charge is 0.333 e. The lowest BCUT2D eigenvalue weighted by Gasteiger charge is -2.12. The third-order valence-corrected chi connectivity index (χ3v) is 4.66. The van der Waals surface area contributed by atoms with E-state index in [1.165, 1.54) is 20.2 Å². The van der Waals surface area contributed by atoms with Crippen LogP contribution in [-0.4, -0.2) is 37.4 Å². The Morgan fingerprint density at radius 1 is 1.23 bits per heavy atom. The molecule has 0 spiro atoms. The van der Waals surface area contributed by atoms with Gasteiger partial charge in [0.15, 0.2) is 5.78 Å². The van der Waals surface area contributed by atoms with Crippen LogP contribution in [0, 0.1) is 0 Å². The molecule has 0 bridgehead atoms. The quantitative estimate of drug-likeness (QED) is 0.357. The van der Waals surface area contributed by atoms with Crippen LogP contribution in [-0.2, 0) is 14.1 Å². The third-order valence-electron chi connectivity index (χ3n) is 3.65. The Bertz CT molecular complexity index is 974. The first-order valence-electron chi connectivity index (χ1n) is 7.74. The molecule has 136 valence electrons. The van der Waals surface area contributed by atoms with E-state index in [9.17, 15) is 19.5 Å². The van der Waals surface area contributed by atoms with Gasteiger partial charge in [-0.05, 0) is 0 Å². The zero-order valence-electron chi connectivity index (χ0n) is 14.5. The molecule has 0 aliphatic carbocycles. The third kappa shape index (κ3) is 4.02. The van der Waals surface area contributed by atoms with E-state index in [0.717, 1.165) is 20.9 Å². The molecule has 0 aliphatic heterocycles. The summed E-state index contributed by atoms with van der Waals surface area (Å²) in [5.74, 6) is -0.588. The van der Waals surface area contributed by atoms with Crippen LogP contribution in [0.2, 0.25) is 0 Å². The maximum absolute atomic E-state index is 12.5. The van der Waals surface area contributed by atoms with Gasteiger partial charge in [0.25, 0.3) is 5.56 Å². The Hall–Kier alpha value is -2.87. The van der Waals surface area contributed by atoms with Gasteiger partial charge in [0.1, 0.15) is 10.6 Å². The van der Waals surface area contributed by atoms with Gasteiger partial charge in [-0.1, -0.05) is 48.2 Å². The van der Waals surface area contributed by atoms with Gasteiger partial charge in [-0.25, -0.2) is 4.79 Å². The van der Waals surface area contributed by atoms with Crippen molar-refractivity contribution in [1.82, 2.24) is 9.13 Å². The molecule has 0 radical (unpaired) electrons. The number of benzene rings is 1. The zero-order valence-corrected chi connectivity index (χ0v) is 15.3. The second-order valence-electron chi connectivity index (χ2n) is 5.42. The first-order valence-corrected chi connectivity index (χ1v) is 8.72. The van der Waals surface area contributed by atoms with E-state index in [-0.39, 0.29) is 28.7 Å². The van der Waals surface area contributed by atoms with E-state index < -0.39 is 17.1 Å². The highest BCUT2D eigenvalue weighted by Crippen LogP contribution is 2.19. The molecule has 7 nitrogen and oxygen atoms in total. The van der Waals surface area contributed by atoms with Gasteiger partial charge in [0, 0.05) is 19.7 Å². The number of aromatic hydroxyl groups is 1. The van der Waals surface area contributed by atoms with E-state index in [1.54, 1.807) is 24.3 Å². The molecule has 2 aromatic rings. The average molecular weight is 373 g/mol. The number of carbonyl (C=O) groups excluding carboxylic acids is 1. The topological polar surface area (TPSA) is 93.7 Å². The Labute approximate surface area is 154 Å². The molecular weight excluding hydrogens is 354 g/mol. The second kappa shape index (κ2) is 8.48. The van der Waals surface area contributed by atoms with Crippen molar-refractivity contribution < 1.29 is 9.90 Å². The van der Waals surface area contributed by atoms with E-state index in [1.807, 2.05) is 6.07 Å². The standard InChI is InChI=1S/C18H19N3O4S/c1-4-10-19-15(26-11-13(22)12-8-6-5-7-9-12)14-16(23)20(2)18(25)21(3)17(14)24/h4-9,23H,1,10-11H2,2-3H3. The number of ketones is 1. The minimum atomic E-state index is -0.673. The van der Waals surface area contributed by atoms with Crippen LogP contribution in [0.25, 0.3) is 0 Å². The lowest BCUT2D eigenvalue weighted by atomic mass is 10.2. The first-order chi connectivity index (χ1) is 12.4. The van der Waals surface area contributed by atoms with Crippen LogP contribution >= 0.6 is 11.8 Å². The van der Waals surface area contributed by atoms with Crippen molar-refractivity contribution in [2.75, 3.05) is 12.3 Å². The summed E-state index contributed by atoms with van der Waals surface area (Å²) in [6.45, 7) is 3.78. The number of Topliss-reactive ketones (excluding diaryl/α,β-unsaturated/α-hetero) is 1. The summed E-state index contributed by atoms with van der Waals surface area (Å²) in [4.78, 5) is 40.9. The van der Waals surface area contributed by atoms with Crippen LogP contribution in [0.4, 0.5) is 0 Å². The van der Waals surface area contributed by atoms with Crippen LogP contribution in [0.3, 0.4) is 0 Å². The summed E-state index contributed by atoms with van der Waals surface area (Å²) in [6, 6.07) is 8.74. The van der Waals surface area contributed by atoms with Crippen molar-refractivity contribution in [3.8, 4) is 5.88 Å². The maximum Gasteiger partial charge on any atom is 0.333 e. The summed E-state index contributed by atoms with van der Waals surface area (Å²) in [7, 11) is 2.67. The average Bonchev–Trinajstić information content (AvgIpc) is 2.66. The van der Waals surface area contributed by atoms with Crippen molar-refractivity contribution >= 4 is 22.6 Å². The van der Waals surface area contributed by atoms with Crippen molar-refractivity contribution in [2.24, 2.45) is 19.1 Å². The Morgan fingerprint density at radius 3 is 2.50 bits per heavy atom. The summed E-state index contributed by atoms with van der Waals surface area (Å²) in [6.07, 6.45) is 1.53. The first kappa shape index (κ1) is 19.5. The molecule has 0 aliphatic rings. The number of thioether (sulfide) groups is 1. The highest BCUT2D eigenvalue weighted by atomic mass is 32.2. The molecular formula is C18H19N3O4S. The molecule has 0 saturated heterocycles. The van der Waals surface area contributed by atoms with Crippen molar-refractivity contribution in [3.05, 3.63) is 75.0 Å². The highest BCUT2D eigenvalue weighted by molar-refractivity contribution is 8.15. The molecule has 0 atom stereocenters. The van der Waals surface area contributed by atoms with Crippen molar-refractivity contribution in [2.45, 2.75) is 0 Å². The monoisotopic (exact) mass is 373 g/mol. The van der Waals surface area contributed by atoms with Gasteiger partial charge < -0.3 is 5.11 Å². The number of rotatable bonds is 6. The molecule has 26 heavy (non-hydrogen) atoms. The Balaban J connectivity index is 2.41. The van der Waals surface area contributed by atoms with E-state index in [0.29, 0.717) is 5.56 Å². The van der Waals surface area contributed by atoms with Gasteiger partial charge in [0.05, 0.1) is 12.3 Å². The number of carbonyl (C=O) groups is 1. The minimum Gasteiger partial charge on any atom is -0.494 e. The Morgan fingerprint density at radius 2 is 1.88 bits per heavy atom. The molecule has 1 aromatic heterocycles. The number of hydrogen-bond acceptors (Lipinski definition) is 6. The van der Waals surface area contributed by atoms with Crippen molar-refractivity contribution in [3.63, 3.8) is 0 Å². The summed E-state index contributed by atoms with van der Waals surface area (Å²) < 4.78 is 1.85. The van der Waals surface area contributed by atoms with Gasteiger partial charge in [-0.2, -0.15) is 0 Å². The molecule has 1 N–H and O–H groups in total. The predicted molar refractivity (Wildman–Crippen MR) is 103 cm³/mol. The number of hydrogen-bond donors (Lipinski definition) is 1. The molecule has 8 heteroatoms. The van der Waals surface area contributed by atoms with E-state index in [2.05, 4.69) is 11.6 Å². The minimum absolute atomic E-state index is 0.0332. The predicted octanol–water partition coefficient (Wildman–Crippen LogP) is 1.34. The lowest BCUT2D eigenvalue weighted by Crippen LogP contribution is -2.39. The summed E-state index contributed by atoms with van der Waals surface area (Å²) in [5.41, 5.74) is -0.888. The molecule has 1 heterocycles. The van der Waals surface area contributed by atoms with Crippen LogP contribution in [0.15, 0.2) is 57.6 Å². The SMILES string of the molecule is C=CCN=C(SCC(=O)c1ccccc1)c1c(O)n(C)c(=O)n(C)c1=O. The normalized spacial score (nSPS) is 11.4. The van der Waals surface area contributed by atoms with Crippen molar-refractivity contribution in [1.29, 1.82) is 0 Å². The van der Waals surface area contributed by atoms with Gasteiger partial charge in [-0.3, -0.25) is 23.7 Å². The summed E-state index contributed by atoms with van der Waals surface area (Å²) in [5, 5.41) is 10.5.